The van der Waals surface area contributed by atoms with Gasteiger partial charge in [0, 0.05) is 37.0 Å². The normalized spacial score (nSPS) is 11.1. The summed E-state index contributed by atoms with van der Waals surface area (Å²) in [5.41, 5.74) is 6.80. The van der Waals surface area contributed by atoms with Gasteiger partial charge in [-0.25, -0.2) is 5.43 Å². The molecule has 0 radical (unpaired) electrons. The lowest BCUT2D eigenvalue weighted by atomic mass is 10.2. The van der Waals surface area contributed by atoms with Crippen molar-refractivity contribution in [3.8, 4) is 5.69 Å². The number of halogens is 2. The van der Waals surface area contributed by atoms with Gasteiger partial charge in [-0.15, -0.1) is 11.8 Å². The highest BCUT2D eigenvalue weighted by Gasteiger charge is 2.09. The van der Waals surface area contributed by atoms with Gasteiger partial charge in [0.15, 0.2) is 0 Å². The zero-order valence-electron chi connectivity index (χ0n) is 15.4. The lowest BCUT2D eigenvalue weighted by Gasteiger charge is -2.09. The SMILES string of the molecule is Cc1cc(/C=N/NC(=O)CSc2ccc(Cl)cc2)c(C)n1-c1ccc(Br)cc1. The van der Waals surface area contributed by atoms with E-state index in [1.807, 2.05) is 38.1 Å². The predicted octanol–water partition coefficient (Wildman–Crippen LogP) is 5.75. The number of aryl methyl sites for hydroxylation is 1. The van der Waals surface area contributed by atoms with E-state index >= 15 is 0 Å². The number of benzene rings is 2. The Morgan fingerprint density at radius 2 is 1.86 bits per heavy atom. The van der Waals surface area contributed by atoms with Crippen LogP contribution in [0, 0.1) is 13.8 Å². The van der Waals surface area contributed by atoms with Crippen molar-refractivity contribution in [2.75, 3.05) is 5.75 Å². The van der Waals surface area contributed by atoms with Crippen LogP contribution in [0.2, 0.25) is 5.02 Å². The molecule has 0 unspecified atom stereocenters. The summed E-state index contributed by atoms with van der Waals surface area (Å²) in [6, 6.07) is 17.6. The molecule has 0 aliphatic rings. The van der Waals surface area contributed by atoms with E-state index in [4.69, 9.17) is 11.6 Å². The van der Waals surface area contributed by atoms with Crippen molar-refractivity contribution < 1.29 is 4.79 Å². The number of nitrogens with one attached hydrogen (secondary N) is 1. The quantitative estimate of drug-likeness (QED) is 0.280. The summed E-state index contributed by atoms with van der Waals surface area (Å²) in [5.74, 6) is 0.134. The Morgan fingerprint density at radius 3 is 2.54 bits per heavy atom. The highest BCUT2D eigenvalue weighted by atomic mass is 79.9. The van der Waals surface area contributed by atoms with E-state index in [1.54, 1.807) is 18.3 Å². The molecule has 1 heterocycles. The van der Waals surface area contributed by atoms with E-state index < -0.39 is 0 Å². The van der Waals surface area contributed by atoms with Gasteiger partial charge in [0.25, 0.3) is 0 Å². The first kappa shape index (κ1) is 20.7. The van der Waals surface area contributed by atoms with E-state index in [1.165, 1.54) is 11.8 Å². The average Bonchev–Trinajstić information content (AvgIpc) is 2.96. The molecule has 0 fully saturated rings. The van der Waals surface area contributed by atoms with Crippen molar-refractivity contribution in [1.82, 2.24) is 9.99 Å². The van der Waals surface area contributed by atoms with Gasteiger partial charge in [-0.3, -0.25) is 4.79 Å². The second-order valence-electron chi connectivity index (χ2n) is 6.17. The Morgan fingerprint density at radius 1 is 1.18 bits per heavy atom. The summed E-state index contributed by atoms with van der Waals surface area (Å²) >= 11 is 10.8. The number of hydrazone groups is 1. The molecule has 0 saturated heterocycles. The van der Waals surface area contributed by atoms with Crippen molar-refractivity contribution in [1.29, 1.82) is 0 Å². The minimum atomic E-state index is -0.155. The van der Waals surface area contributed by atoms with E-state index in [0.29, 0.717) is 5.02 Å². The molecule has 7 heteroatoms. The van der Waals surface area contributed by atoms with Crippen LogP contribution in [0.25, 0.3) is 5.69 Å². The molecule has 1 amide bonds. The molecule has 1 aromatic heterocycles. The number of carbonyl (C=O) groups excluding carboxylic acids is 1. The molecule has 0 atom stereocenters. The molecule has 28 heavy (non-hydrogen) atoms. The minimum Gasteiger partial charge on any atom is -0.318 e. The van der Waals surface area contributed by atoms with Gasteiger partial charge < -0.3 is 4.57 Å². The van der Waals surface area contributed by atoms with E-state index in [-0.39, 0.29) is 11.7 Å². The first-order chi connectivity index (χ1) is 13.4. The van der Waals surface area contributed by atoms with Gasteiger partial charge in [0.1, 0.15) is 0 Å². The van der Waals surface area contributed by atoms with Gasteiger partial charge in [-0.05, 0) is 68.4 Å². The molecular formula is C21H19BrClN3OS. The third kappa shape index (κ3) is 5.28. The second kappa shape index (κ2) is 9.45. The number of hydrogen-bond donors (Lipinski definition) is 1. The van der Waals surface area contributed by atoms with Gasteiger partial charge in [0.2, 0.25) is 5.91 Å². The molecule has 0 saturated carbocycles. The maximum Gasteiger partial charge on any atom is 0.250 e. The second-order valence-corrected chi connectivity index (χ2v) is 8.57. The highest BCUT2D eigenvalue weighted by Crippen LogP contribution is 2.22. The molecular weight excluding hydrogens is 458 g/mol. The number of nitrogens with zero attached hydrogens (tertiary/aromatic N) is 2. The van der Waals surface area contributed by atoms with Crippen LogP contribution in [0.1, 0.15) is 17.0 Å². The first-order valence-corrected chi connectivity index (χ1v) is 10.7. The summed E-state index contributed by atoms with van der Waals surface area (Å²) in [4.78, 5) is 13.0. The topological polar surface area (TPSA) is 46.4 Å². The number of hydrogen-bond acceptors (Lipinski definition) is 3. The summed E-state index contributed by atoms with van der Waals surface area (Å²) in [7, 11) is 0. The molecule has 0 aliphatic carbocycles. The maximum absolute atomic E-state index is 12.0. The van der Waals surface area contributed by atoms with Crippen LogP contribution >= 0.6 is 39.3 Å². The van der Waals surface area contributed by atoms with E-state index in [2.05, 4.69) is 49.2 Å². The van der Waals surface area contributed by atoms with Crippen LogP contribution in [0.3, 0.4) is 0 Å². The summed E-state index contributed by atoms with van der Waals surface area (Å²) in [5, 5.41) is 4.79. The smallest absolute Gasteiger partial charge is 0.250 e. The fourth-order valence-electron chi connectivity index (χ4n) is 2.79. The van der Waals surface area contributed by atoms with Crippen molar-refractivity contribution in [2.45, 2.75) is 18.7 Å². The Balaban J connectivity index is 1.61. The molecule has 0 bridgehead atoms. The number of thioether (sulfide) groups is 1. The van der Waals surface area contributed by atoms with Gasteiger partial charge in [-0.2, -0.15) is 5.10 Å². The maximum atomic E-state index is 12.0. The zero-order chi connectivity index (χ0) is 20.1. The Labute approximate surface area is 182 Å². The Bertz CT molecular complexity index is 998. The lowest BCUT2D eigenvalue weighted by Crippen LogP contribution is -2.19. The van der Waals surface area contributed by atoms with Crippen molar-refractivity contribution in [3.05, 3.63) is 81.0 Å². The standard InChI is InChI=1S/C21H19BrClN3OS/c1-14-11-16(15(2)26(14)19-7-3-17(22)4-8-19)12-24-25-21(27)13-28-20-9-5-18(23)6-10-20/h3-12H,13H2,1-2H3,(H,25,27)/b24-12+. The molecule has 0 spiro atoms. The zero-order valence-corrected chi connectivity index (χ0v) is 18.6. The van der Waals surface area contributed by atoms with E-state index in [9.17, 15) is 4.79 Å². The van der Waals surface area contributed by atoms with E-state index in [0.717, 1.165) is 32.0 Å². The van der Waals surface area contributed by atoms with Crippen molar-refractivity contribution in [2.24, 2.45) is 5.10 Å². The van der Waals surface area contributed by atoms with Crippen molar-refractivity contribution >= 4 is 51.4 Å². The van der Waals surface area contributed by atoms with Crippen LogP contribution in [0.5, 0.6) is 0 Å². The van der Waals surface area contributed by atoms with Crippen LogP contribution in [0.4, 0.5) is 0 Å². The molecule has 4 nitrogen and oxygen atoms in total. The van der Waals surface area contributed by atoms with Crippen LogP contribution in [-0.2, 0) is 4.79 Å². The molecule has 2 aromatic carbocycles. The van der Waals surface area contributed by atoms with Crippen LogP contribution < -0.4 is 5.43 Å². The summed E-state index contributed by atoms with van der Waals surface area (Å²) < 4.78 is 3.20. The molecule has 3 aromatic rings. The summed E-state index contributed by atoms with van der Waals surface area (Å²) in [6.07, 6.45) is 1.68. The third-order valence-electron chi connectivity index (χ3n) is 4.13. The van der Waals surface area contributed by atoms with Gasteiger partial charge >= 0.3 is 0 Å². The van der Waals surface area contributed by atoms with Crippen molar-refractivity contribution in [3.63, 3.8) is 0 Å². The monoisotopic (exact) mass is 475 g/mol. The highest BCUT2D eigenvalue weighted by molar-refractivity contribution is 9.10. The van der Waals surface area contributed by atoms with Crippen LogP contribution in [0.15, 0.2) is 69.1 Å². The van der Waals surface area contributed by atoms with Gasteiger partial charge in [-0.1, -0.05) is 27.5 Å². The third-order valence-corrected chi connectivity index (χ3v) is 5.92. The first-order valence-electron chi connectivity index (χ1n) is 8.59. The Hall–Kier alpha value is -2.02. The number of amides is 1. The summed E-state index contributed by atoms with van der Waals surface area (Å²) in [6.45, 7) is 4.09. The fourth-order valence-corrected chi connectivity index (χ4v) is 3.87. The number of aromatic nitrogens is 1. The largest absolute Gasteiger partial charge is 0.318 e. The predicted molar refractivity (Wildman–Crippen MR) is 121 cm³/mol. The van der Waals surface area contributed by atoms with Crippen LogP contribution in [-0.4, -0.2) is 22.4 Å². The Kier molecular flexibility index (Phi) is 6.99. The molecule has 144 valence electrons. The number of carbonyl (C=O) groups is 1. The molecule has 0 aliphatic heterocycles. The van der Waals surface area contributed by atoms with Gasteiger partial charge in [0.05, 0.1) is 12.0 Å². The molecule has 3 rings (SSSR count). The average molecular weight is 477 g/mol. The minimum absolute atomic E-state index is 0.155. The number of rotatable bonds is 6. The fraction of sp³-hybridized carbons (Fsp3) is 0.143. The molecule has 1 N–H and O–H groups in total. The lowest BCUT2D eigenvalue weighted by molar-refractivity contribution is -0.118.